The van der Waals surface area contributed by atoms with Gasteiger partial charge >= 0.3 is 0 Å². The van der Waals surface area contributed by atoms with Gasteiger partial charge in [0.2, 0.25) is 0 Å². The maximum absolute atomic E-state index is 12.8. The van der Waals surface area contributed by atoms with Crippen LogP contribution < -0.4 is 5.32 Å². The number of amides is 1. The van der Waals surface area contributed by atoms with Gasteiger partial charge in [-0.1, -0.05) is 24.5 Å². The Hall–Kier alpha value is -4.59. The number of hydrogen-bond acceptors (Lipinski definition) is 7. The van der Waals surface area contributed by atoms with Gasteiger partial charge < -0.3 is 15.0 Å². The number of pyridine rings is 2. The van der Waals surface area contributed by atoms with Gasteiger partial charge in [-0.2, -0.15) is 5.10 Å². The van der Waals surface area contributed by atoms with Crippen LogP contribution in [0.25, 0.3) is 33.2 Å². The summed E-state index contributed by atoms with van der Waals surface area (Å²) in [5, 5.41) is 12.7. The SMILES string of the molecule is Cc1cnc(CNC(=O)c2ccc(-c3nc4cnc5n[nH]c(C#CCN6CCOCC6)c5c4c4c3CCCCC4)cc2)[nH]1. The Labute approximate surface area is 249 Å². The van der Waals surface area contributed by atoms with Gasteiger partial charge in [0.1, 0.15) is 11.5 Å². The average molecular weight is 575 g/mol. The molecule has 1 aromatic carbocycles. The average Bonchev–Trinajstić information content (AvgIpc) is 3.57. The molecule has 0 spiro atoms. The second-order valence-corrected chi connectivity index (χ2v) is 11.3. The van der Waals surface area contributed by atoms with Gasteiger partial charge in [-0.05, 0) is 61.8 Å². The third-order valence-electron chi connectivity index (χ3n) is 8.31. The highest BCUT2D eigenvalue weighted by molar-refractivity contribution is 6.08. The van der Waals surface area contributed by atoms with E-state index in [0.29, 0.717) is 24.3 Å². The molecule has 10 heteroatoms. The standard InChI is InChI=1S/C33H34N8O2/c1-21-18-34-28(37-21)20-36-33(42)23-11-9-22(10-12-23)31-25-7-4-2-3-6-24(25)29-27(38-31)19-35-32-30(29)26(39-40-32)8-5-13-41-14-16-43-17-15-41/h9-12,18-19H,2-4,6-7,13-17,20H2,1H3,(H,34,37)(H,36,42)(H,35,39,40). The number of aromatic nitrogens is 6. The largest absolute Gasteiger partial charge is 0.379 e. The van der Waals surface area contributed by atoms with Crippen molar-refractivity contribution in [2.75, 3.05) is 32.8 Å². The number of hydrogen-bond donors (Lipinski definition) is 3. The Morgan fingerprint density at radius 1 is 1.02 bits per heavy atom. The van der Waals surface area contributed by atoms with E-state index in [9.17, 15) is 4.79 Å². The van der Waals surface area contributed by atoms with Gasteiger partial charge in [0, 0.05) is 41.5 Å². The van der Waals surface area contributed by atoms with E-state index >= 15 is 0 Å². The Morgan fingerprint density at radius 3 is 2.63 bits per heavy atom. The number of morpholine rings is 1. The Morgan fingerprint density at radius 2 is 1.84 bits per heavy atom. The number of aryl methyl sites for hydroxylation is 2. The number of nitrogens with zero attached hydrogens (tertiary/aromatic N) is 5. The lowest BCUT2D eigenvalue weighted by molar-refractivity contribution is 0.0443. The molecule has 5 heterocycles. The summed E-state index contributed by atoms with van der Waals surface area (Å²) in [6, 6.07) is 7.73. The number of aromatic amines is 2. The van der Waals surface area contributed by atoms with Crippen molar-refractivity contribution < 1.29 is 9.53 Å². The van der Waals surface area contributed by atoms with E-state index in [-0.39, 0.29) is 5.91 Å². The minimum Gasteiger partial charge on any atom is -0.379 e. The number of ether oxygens (including phenoxy) is 1. The number of carbonyl (C=O) groups excluding carboxylic acids is 1. The first-order valence-corrected chi connectivity index (χ1v) is 15.0. The second-order valence-electron chi connectivity index (χ2n) is 11.3. The Bertz CT molecular complexity index is 1860. The van der Waals surface area contributed by atoms with Crippen molar-refractivity contribution in [3.63, 3.8) is 0 Å². The fraction of sp³-hybridized carbons (Fsp3) is 0.364. The predicted octanol–water partition coefficient (Wildman–Crippen LogP) is 4.09. The molecule has 1 fully saturated rings. The summed E-state index contributed by atoms with van der Waals surface area (Å²) in [5.41, 5.74) is 8.42. The van der Waals surface area contributed by atoms with Gasteiger partial charge in [-0.3, -0.25) is 14.8 Å². The molecule has 3 N–H and O–H groups in total. The van der Waals surface area contributed by atoms with Crippen molar-refractivity contribution in [1.29, 1.82) is 0 Å². The highest BCUT2D eigenvalue weighted by atomic mass is 16.5. The molecule has 10 nitrogen and oxygen atoms in total. The summed E-state index contributed by atoms with van der Waals surface area (Å²) in [6.07, 6.45) is 8.93. The van der Waals surface area contributed by atoms with E-state index in [0.717, 1.165) is 96.7 Å². The molecule has 0 unspecified atom stereocenters. The molecule has 0 radical (unpaired) electrons. The normalized spacial score (nSPS) is 15.6. The van der Waals surface area contributed by atoms with Crippen LogP contribution in [0.5, 0.6) is 0 Å². The lowest BCUT2D eigenvalue weighted by Crippen LogP contribution is -2.36. The van der Waals surface area contributed by atoms with E-state index in [4.69, 9.17) is 9.72 Å². The fourth-order valence-corrected chi connectivity index (χ4v) is 6.11. The molecule has 1 amide bonds. The molecule has 0 atom stereocenters. The van der Waals surface area contributed by atoms with Crippen LogP contribution in [0, 0.1) is 18.8 Å². The van der Waals surface area contributed by atoms with Gasteiger partial charge in [-0.25, -0.2) is 15.0 Å². The second kappa shape index (κ2) is 12.0. The third-order valence-corrected chi connectivity index (χ3v) is 8.31. The summed E-state index contributed by atoms with van der Waals surface area (Å²) in [6.45, 7) is 6.30. The molecule has 2 aliphatic rings. The zero-order valence-corrected chi connectivity index (χ0v) is 24.3. The molecule has 43 heavy (non-hydrogen) atoms. The zero-order chi connectivity index (χ0) is 29.2. The summed E-state index contributed by atoms with van der Waals surface area (Å²) >= 11 is 0. The third kappa shape index (κ3) is 5.61. The molecule has 1 aliphatic heterocycles. The maximum atomic E-state index is 12.8. The number of nitrogens with one attached hydrogen (secondary N) is 3. The lowest BCUT2D eigenvalue weighted by Gasteiger charge is -2.24. The summed E-state index contributed by atoms with van der Waals surface area (Å²) < 4.78 is 5.46. The van der Waals surface area contributed by atoms with Crippen LogP contribution in [-0.4, -0.2) is 73.8 Å². The number of fused-ring (bicyclic) bond motifs is 5. The molecule has 0 bridgehead atoms. The first-order chi connectivity index (χ1) is 21.1. The van der Waals surface area contributed by atoms with Crippen molar-refractivity contribution in [2.45, 2.75) is 45.6 Å². The van der Waals surface area contributed by atoms with Crippen LogP contribution in [0.15, 0.2) is 36.7 Å². The summed E-state index contributed by atoms with van der Waals surface area (Å²) in [5.74, 6) is 7.29. The molecule has 218 valence electrons. The number of imidazole rings is 1. The highest BCUT2D eigenvalue weighted by Gasteiger charge is 2.22. The van der Waals surface area contributed by atoms with Crippen LogP contribution in [0.2, 0.25) is 0 Å². The van der Waals surface area contributed by atoms with E-state index in [1.54, 1.807) is 6.20 Å². The lowest BCUT2D eigenvalue weighted by atomic mass is 9.92. The van der Waals surface area contributed by atoms with Crippen LogP contribution in [-0.2, 0) is 24.1 Å². The van der Waals surface area contributed by atoms with Crippen molar-refractivity contribution in [3.05, 3.63) is 70.6 Å². The van der Waals surface area contributed by atoms with E-state index < -0.39 is 0 Å². The molecule has 7 rings (SSSR count). The summed E-state index contributed by atoms with van der Waals surface area (Å²) in [4.78, 5) is 32.4. The number of benzene rings is 1. The Balaban J connectivity index is 1.23. The van der Waals surface area contributed by atoms with Crippen LogP contribution >= 0.6 is 0 Å². The van der Waals surface area contributed by atoms with Gasteiger partial charge in [-0.15, -0.1) is 0 Å². The fourth-order valence-electron chi connectivity index (χ4n) is 6.11. The van der Waals surface area contributed by atoms with Crippen molar-refractivity contribution in [2.24, 2.45) is 0 Å². The quantitative estimate of drug-likeness (QED) is 0.213. The molecule has 1 aliphatic carbocycles. The molecular formula is C33H34N8O2. The number of H-pyrrole nitrogens is 2. The smallest absolute Gasteiger partial charge is 0.251 e. The van der Waals surface area contributed by atoms with Crippen LogP contribution in [0.4, 0.5) is 0 Å². The number of rotatable bonds is 5. The van der Waals surface area contributed by atoms with Gasteiger partial charge in [0.15, 0.2) is 5.65 Å². The monoisotopic (exact) mass is 574 g/mol. The van der Waals surface area contributed by atoms with Crippen LogP contribution in [0.1, 0.15) is 58.0 Å². The number of carbonyl (C=O) groups is 1. The Kier molecular flexibility index (Phi) is 7.58. The maximum Gasteiger partial charge on any atom is 0.251 e. The van der Waals surface area contributed by atoms with E-state index in [1.165, 1.54) is 17.5 Å². The van der Waals surface area contributed by atoms with Gasteiger partial charge in [0.05, 0.1) is 49.1 Å². The van der Waals surface area contributed by atoms with Crippen molar-refractivity contribution in [3.8, 4) is 23.1 Å². The molecule has 4 aromatic heterocycles. The molecule has 5 aromatic rings. The highest BCUT2D eigenvalue weighted by Crippen LogP contribution is 2.37. The van der Waals surface area contributed by atoms with Crippen molar-refractivity contribution >= 4 is 27.8 Å². The first kappa shape index (κ1) is 27.3. The predicted molar refractivity (Wildman–Crippen MR) is 165 cm³/mol. The van der Waals surface area contributed by atoms with E-state index in [1.807, 2.05) is 37.4 Å². The topological polar surface area (TPSA) is 125 Å². The first-order valence-electron chi connectivity index (χ1n) is 15.0. The van der Waals surface area contributed by atoms with E-state index in [2.05, 4.69) is 47.2 Å². The zero-order valence-electron chi connectivity index (χ0n) is 24.3. The molecule has 1 saturated heterocycles. The van der Waals surface area contributed by atoms with Crippen LogP contribution in [0.3, 0.4) is 0 Å². The van der Waals surface area contributed by atoms with Crippen molar-refractivity contribution in [1.82, 2.24) is 40.3 Å². The van der Waals surface area contributed by atoms with Gasteiger partial charge in [0.25, 0.3) is 5.91 Å². The summed E-state index contributed by atoms with van der Waals surface area (Å²) in [7, 11) is 0. The molecule has 0 saturated carbocycles. The minimum atomic E-state index is -0.139. The molecular weight excluding hydrogens is 540 g/mol. The minimum absolute atomic E-state index is 0.139.